The van der Waals surface area contributed by atoms with Gasteiger partial charge in [0.15, 0.2) is 6.73 Å². The maximum atomic E-state index is 13.6. The van der Waals surface area contributed by atoms with E-state index in [0.29, 0.717) is 35.1 Å². The molecule has 156 valence electrons. The van der Waals surface area contributed by atoms with Crippen molar-refractivity contribution < 1.29 is 24.5 Å². The Hall–Kier alpha value is -2.38. The topological polar surface area (TPSA) is 98.0 Å². The number of fused-ring (bicyclic) bond motifs is 5. The van der Waals surface area contributed by atoms with Crippen LogP contribution in [0.3, 0.4) is 0 Å². The van der Waals surface area contributed by atoms with Crippen molar-refractivity contribution in [2.75, 3.05) is 0 Å². The lowest BCUT2D eigenvalue weighted by Gasteiger charge is -2.52. The molecule has 0 unspecified atom stereocenters. The third-order valence-electron chi connectivity index (χ3n) is 6.52. The maximum absolute atomic E-state index is 13.6. The number of carbonyl (C=O) groups is 1. The Morgan fingerprint density at radius 3 is 2.69 bits per heavy atom. The van der Waals surface area contributed by atoms with Crippen LogP contribution in [0.2, 0.25) is 0 Å². The van der Waals surface area contributed by atoms with Gasteiger partial charge >= 0.3 is 5.97 Å². The van der Waals surface area contributed by atoms with Crippen LogP contribution in [0.5, 0.6) is 5.75 Å². The first-order valence-corrected chi connectivity index (χ1v) is 9.93. The summed E-state index contributed by atoms with van der Waals surface area (Å²) in [5.74, 6) is -0.776. The van der Waals surface area contributed by atoms with E-state index in [1.54, 1.807) is 19.1 Å². The Labute approximate surface area is 168 Å². The molecule has 2 heterocycles. The summed E-state index contributed by atoms with van der Waals surface area (Å²) in [6, 6.07) is 7.27. The zero-order valence-corrected chi connectivity index (χ0v) is 17.1. The number of benzene rings is 1. The Kier molecular flexibility index (Phi) is 4.51. The largest absolute Gasteiger partial charge is 0.486 e. The summed E-state index contributed by atoms with van der Waals surface area (Å²) < 4.78 is 12.9. The Morgan fingerprint density at radius 1 is 1.31 bits per heavy atom. The van der Waals surface area contributed by atoms with E-state index in [1.165, 1.54) is 11.5 Å². The SMILES string of the molecule is CC(=O)OCn1c(=O)c2c(c3ccccc31)OC(C)(C)[C@H]1CC[C@](C)(O)[C@H](O)[C@H]21. The molecule has 4 atom stereocenters. The summed E-state index contributed by atoms with van der Waals surface area (Å²) in [6.07, 6.45) is -0.0662. The zero-order valence-electron chi connectivity index (χ0n) is 17.1. The monoisotopic (exact) mass is 401 g/mol. The second-order valence-corrected chi connectivity index (χ2v) is 8.94. The van der Waals surface area contributed by atoms with Gasteiger partial charge in [-0.25, -0.2) is 0 Å². The fourth-order valence-corrected chi connectivity index (χ4v) is 4.95. The van der Waals surface area contributed by atoms with Crippen molar-refractivity contribution in [2.45, 2.75) is 70.5 Å². The van der Waals surface area contributed by atoms with Gasteiger partial charge in [0.25, 0.3) is 5.56 Å². The van der Waals surface area contributed by atoms with Crippen LogP contribution >= 0.6 is 0 Å². The molecule has 7 heteroatoms. The first-order chi connectivity index (χ1) is 13.5. The summed E-state index contributed by atoms with van der Waals surface area (Å²) >= 11 is 0. The zero-order chi connectivity index (χ0) is 21.1. The first-order valence-electron chi connectivity index (χ1n) is 9.93. The van der Waals surface area contributed by atoms with E-state index < -0.39 is 29.2 Å². The van der Waals surface area contributed by atoms with Gasteiger partial charge in [0.05, 0.1) is 22.8 Å². The highest BCUT2D eigenvalue weighted by Gasteiger charge is 2.55. The van der Waals surface area contributed by atoms with Gasteiger partial charge in [-0.15, -0.1) is 0 Å². The Morgan fingerprint density at radius 2 is 2.00 bits per heavy atom. The molecule has 1 aliphatic carbocycles. The van der Waals surface area contributed by atoms with Crippen LogP contribution in [0.25, 0.3) is 10.9 Å². The molecular formula is C22H27NO6. The van der Waals surface area contributed by atoms with Crippen LogP contribution in [0, 0.1) is 5.92 Å². The molecule has 0 amide bonds. The molecule has 29 heavy (non-hydrogen) atoms. The number of aliphatic hydroxyl groups excluding tert-OH is 1. The normalized spacial score (nSPS) is 30.2. The van der Waals surface area contributed by atoms with E-state index in [1.807, 2.05) is 26.0 Å². The Bertz CT molecular complexity index is 1040. The lowest BCUT2D eigenvalue weighted by Crippen LogP contribution is -2.58. The fraction of sp³-hybridized carbons (Fsp3) is 0.545. The van der Waals surface area contributed by atoms with Crippen molar-refractivity contribution in [2.24, 2.45) is 5.92 Å². The van der Waals surface area contributed by atoms with Crippen LogP contribution in [0.15, 0.2) is 29.1 Å². The van der Waals surface area contributed by atoms with Crippen molar-refractivity contribution in [1.82, 2.24) is 4.57 Å². The van der Waals surface area contributed by atoms with E-state index in [0.717, 1.165) is 0 Å². The highest BCUT2D eigenvalue weighted by molar-refractivity contribution is 5.87. The highest BCUT2D eigenvalue weighted by atomic mass is 16.5. The van der Waals surface area contributed by atoms with Gasteiger partial charge in [-0.05, 0) is 45.7 Å². The molecule has 0 bridgehead atoms. The van der Waals surface area contributed by atoms with Gasteiger partial charge in [0.2, 0.25) is 0 Å². The van der Waals surface area contributed by atoms with Gasteiger partial charge < -0.3 is 19.7 Å². The first kappa shape index (κ1) is 19.9. The number of nitrogens with zero attached hydrogens (tertiary/aromatic N) is 1. The average Bonchev–Trinajstić information content (AvgIpc) is 2.63. The maximum Gasteiger partial charge on any atom is 0.304 e. The number of ether oxygens (including phenoxy) is 2. The standard InChI is InChI=1S/C22H27NO6/c1-12(24)28-11-23-15-8-6-5-7-13(15)18-17(20(23)26)16-14(21(2,3)29-18)9-10-22(4,27)19(16)25/h5-8,14,16,19,25,27H,9-11H2,1-4H3/t14-,16-,19+,22-/m0/s1. The molecule has 4 rings (SSSR count). The van der Waals surface area contributed by atoms with E-state index >= 15 is 0 Å². The van der Waals surface area contributed by atoms with Gasteiger partial charge in [0, 0.05) is 24.1 Å². The molecule has 2 N–H and O–H groups in total. The second kappa shape index (κ2) is 6.57. The molecular weight excluding hydrogens is 374 g/mol. The van der Waals surface area contributed by atoms with Crippen molar-refractivity contribution in [1.29, 1.82) is 0 Å². The number of pyridine rings is 1. The van der Waals surface area contributed by atoms with Crippen LogP contribution < -0.4 is 10.3 Å². The predicted molar refractivity (Wildman–Crippen MR) is 107 cm³/mol. The van der Waals surface area contributed by atoms with Gasteiger partial charge in [-0.3, -0.25) is 14.2 Å². The molecule has 2 aromatic rings. The minimum absolute atomic E-state index is 0.138. The highest BCUT2D eigenvalue weighted by Crippen LogP contribution is 2.54. The van der Waals surface area contributed by atoms with Gasteiger partial charge in [-0.2, -0.15) is 0 Å². The molecule has 0 spiro atoms. The molecule has 2 aliphatic rings. The molecule has 1 saturated carbocycles. The van der Waals surface area contributed by atoms with Gasteiger partial charge in [0.1, 0.15) is 11.4 Å². The summed E-state index contributed by atoms with van der Waals surface area (Å²) in [4.78, 5) is 24.9. The minimum Gasteiger partial charge on any atom is -0.486 e. The van der Waals surface area contributed by atoms with Crippen LogP contribution in [0.1, 0.15) is 52.0 Å². The van der Waals surface area contributed by atoms with Crippen LogP contribution in [-0.2, 0) is 16.3 Å². The van der Waals surface area contributed by atoms with Crippen molar-refractivity contribution in [3.8, 4) is 5.75 Å². The summed E-state index contributed by atoms with van der Waals surface area (Å²) in [7, 11) is 0. The fourth-order valence-electron chi connectivity index (χ4n) is 4.95. The minimum atomic E-state index is -1.30. The summed E-state index contributed by atoms with van der Waals surface area (Å²) in [5.41, 5.74) is -1.37. The summed E-state index contributed by atoms with van der Waals surface area (Å²) in [5, 5.41) is 22.5. The number of esters is 1. The molecule has 1 fully saturated rings. The van der Waals surface area contributed by atoms with Crippen molar-refractivity contribution >= 4 is 16.9 Å². The van der Waals surface area contributed by atoms with Crippen LogP contribution in [-0.4, -0.2) is 38.1 Å². The summed E-state index contributed by atoms with van der Waals surface area (Å²) in [6.45, 7) is 6.58. The second-order valence-electron chi connectivity index (χ2n) is 8.94. The quantitative estimate of drug-likeness (QED) is 0.750. The predicted octanol–water partition coefficient (Wildman–Crippen LogP) is 2.30. The number of rotatable bonds is 2. The van der Waals surface area contributed by atoms with E-state index in [9.17, 15) is 19.8 Å². The number of aromatic nitrogens is 1. The number of hydrogen-bond donors (Lipinski definition) is 2. The van der Waals surface area contributed by atoms with Crippen molar-refractivity contribution in [3.63, 3.8) is 0 Å². The third kappa shape index (κ3) is 3.04. The van der Waals surface area contributed by atoms with Crippen LogP contribution in [0.4, 0.5) is 0 Å². The lowest BCUT2D eigenvalue weighted by atomic mass is 9.61. The van der Waals surface area contributed by atoms with E-state index in [-0.39, 0.29) is 18.2 Å². The molecule has 1 aliphatic heterocycles. The smallest absolute Gasteiger partial charge is 0.304 e. The molecule has 0 radical (unpaired) electrons. The third-order valence-corrected chi connectivity index (χ3v) is 6.52. The van der Waals surface area contributed by atoms with Crippen molar-refractivity contribution in [3.05, 3.63) is 40.2 Å². The molecule has 1 aromatic heterocycles. The average molecular weight is 401 g/mol. The number of para-hydroxylation sites is 1. The molecule has 1 aromatic carbocycles. The number of hydrogen-bond acceptors (Lipinski definition) is 6. The molecule has 7 nitrogen and oxygen atoms in total. The molecule has 0 saturated heterocycles. The number of carbonyl (C=O) groups excluding carboxylic acids is 1. The van der Waals surface area contributed by atoms with Gasteiger partial charge in [-0.1, -0.05) is 12.1 Å². The van der Waals surface area contributed by atoms with E-state index in [4.69, 9.17) is 9.47 Å². The van der Waals surface area contributed by atoms with E-state index in [2.05, 4.69) is 0 Å². The lowest BCUT2D eigenvalue weighted by molar-refractivity contribution is -0.145. The Balaban J connectivity index is 2.02. The number of aliphatic hydroxyl groups is 2.